The molecule has 8 heteroatoms. The zero-order chi connectivity index (χ0) is 14.6. The molecule has 2 rings (SSSR count). The van der Waals surface area contributed by atoms with Crippen molar-refractivity contribution in [2.75, 3.05) is 48.7 Å². The van der Waals surface area contributed by atoms with Gasteiger partial charge in [-0.05, 0) is 12.1 Å². The fourth-order valence-electron chi connectivity index (χ4n) is 1.97. The number of nitrogens with two attached hydrogens (primary N) is 1. The molecule has 2 heterocycles. The maximum Gasteiger partial charge on any atom is 0.416 e. The first kappa shape index (κ1) is 15.2. The van der Waals surface area contributed by atoms with Gasteiger partial charge in [0.1, 0.15) is 11.6 Å². The molecule has 112 valence electrons. The van der Waals surface area contributed by atoms with Gasteiger partial charge >= 0.3 is 6.18 Å². The largest absolute Gasteiger partial charge is 0.416 e. The Balaban J connectivity index is 1.90. The van der Waals surface area contributed by atoms with Crippen LogP contribution in [0, 0.1) is 0 Å². The third kappa shape index (κ3) is 4.45. The molecule has 1 aliphatic rings. The van der Waals surface area contributed by atoms with Gasteiger partial charge in [0.2, 0.25) is 0 Å². The molecule has 0 aliphatic carbocycles. The first-order chi connectivity index (χ1) is 9.45. The van der Waals surface area contributed by atoms with Crippen molar-refractivity contribution < 1.29 is 13.2 Å². The van der Waals surface area contributed by atoms with E-state index in [1.54, 1.807) is 0 Å². The van der Waals surface area contributed by atoms with Crippen LogP contribution in [0.5, 0.6) is 0 Å². The van der Waals surface area contributed by atoms with Crippen molar-refractivity contribution in [1.82, 2.24) is 9.88 Å². The molecular formula is C12H17F3N4S. The highest BCUT2D eigenvalue weighted by molar-refractivity contribution is 7.99. The summed E-state index contributed by atoms with van der Waals surface area (Å²) >= 11 is 1.92. The molecular weight excluding hydrogens is 289 g/mol. The number of anilines is 2. The first-order valence-corrected chi connectivity index (χ1v) is 7.49. The standard InChI is InChI=1S/C12H17F3N4S/c13-12(14,15)9-7-10(16)18-11(8-9)17-1-2-19-3-5-20-6-4-19/h7-8H,1-6H2,(H3,16,17,18). The molecule has 0 unspecified atom stereocenters. The number of halogens is 3. The smallest absolute Gasteiger partial charge is 0.384 e. The SMILES string of the molecule is Nc1cc(C(F)(F)F)cc(NCCN2CCSCC2)n1. The van der Waals surface area contributed by atoms with E-state index in [4.69, 9.17) is 5.73 Å². The van der Waals surface area contributed by atoms with E-state index < -0.39 is 11.7 Å². The van der Waals surface area contributed by atoms with Crippen LogP contribution in [0.15, 0.2) is 12.1 Å². The van der Waals surface area contributed by atoms with Crippen LogP contribution in [-0.2, 0) is 6.18 Å². The van der Waals surface area contributed by atoms with Crippen molar-refractivity contribution >= 4 is 23.4 Å². The quantitative estimate of drug-likeness (QED) is 0.892. The molecule has 1 aromatic heterocycles. The summed E-state index contributed by atoms with van der Waals surface area (Å²) < 4.78 is 37.9. The van der Waals surface area contributed by atoms with Gasteiger partial charge in [-0.3, -0.25) is 4.90 Å². The highest BCUT2D eigenvalue weighted by atomic mass is 32.2. The number of hydrogen-bond acceptors (Lipinski definition) is 5. The van der Waals surface area contributed by atoms with Crippen molar-refractivity contribution in [1.29, 1.82) is 0 Å². The van der Waals surface area contributed by atoms with Gasteiger partial charge in [-0.1, -0.05) is 0 Å². The molecule has 1 aliphatic heterocycles. The number of alkyl halides is 3. The highest BCUT2D eigenvalue weighted by Crippen LogP contribution is 2.31. The lowest BCUT2D eigenvalue weighted by Crippen LogP contribution is -2.36. The maximum absolute atomic E-state index is 12.6. The fraction of sp³-hybridized carbons (Fsp3) is 0.583. The predicted molar refractivity (Wildman–Crippen MR) is 75.9 cm³/mol. The van der Waals surface area contributed by atoms with Gasteiger partial charge in [-0.2, -0.15) is 24.9 Å². The van der Waals surface area contributed by atoms with Gasteiger partial charge in [-0.25, -0.2) is 4.98 Å². The maximum atomic E-state index is 12.6. The Morgan fingerprint density at radius 2 is 2.00 bits per heavy atom. The van der Waals surface area contributed by atoms with Crippen LogP contribution in [0.25, 0.3) is 0 Å². The molecule has 0 saturated carbocycles. The molecule has 3 N–H and O–H groups in total. The van der Waals surface area contributed by atoms with E-state index in [2.05, 4.69) is 15.2 Å². The molecule has 0 radical (unpaired) electrons. The molecule has 1 fully saturated rings. The summed E-state index contributed by atoms with van der Waals surface area (Å²) in [5.74, 6) is 2.25. The minimum absolute atomic E-state index is 0.128. The number of hydrogen-bond donors (Lipinski definition) is 2. The number of nitrogen functional groups attached to an aromatic ring is 1. The van der Waals surface area contributed by atoms with Gasteiger partial charge in [0.05, 0.1) is 5.56 Å². The topological polar surface area (TPSA) is 54.2 Å². The minimum Gasteiger partial charge on any atom is -0.384 e. The number of thioether (sulfide) groups is 1. The van der Waals surface area contributed by atoms with Crippen molar-refractivity contribution in [2.45, 2.75) is 6.18 Å². The summed E-state index contributed by atoms with van der Waals surface area (Å²) in [5.41, 5.74) is 4.63. The molecule has 0 atom stereocenters. The molecule has 0 spiro atoms. The Bertz CT molecular complexity index is 447. The second kappa shape index (κ2) is 6.53. The van der Waals surface area contributed by atoms with Crippen LogP contribution in [0.1, 0.15) is 5.56 Å². The third-order valence-electron chi connectivity index (χ3n) is 3.01. The zero-order valence-corrected chi connectivity index (χ0v) is 11.7. The van der Waals surface area contributed by atoms with Gasteiger partial charge in [-0.15, -0.1) is 0 Å². The molecule has 20 heavy (non-hydrogen) atoms. The van der Waals surface area contributed by atoms with E-state index in [1.807, 2.05) is 11.8 Å². The van der Waals surface area contributed by atoms with Crippen molar-refractivity contribution in [3.63, 3.8) is 0 Å². The molecule has 1 aromatic rings. The average Bonchev–Trinajstić information content (AvgIpc) is 2.38. The minimum atomic E-state index is -4.41. The van der Waals surface area contributed by atoms with Crippen molar-refractivity contribution in [3.8, 4) is 0 Å². The van der Waals surface area contributed by atoms with E-state index in [-0.39, 0.29) is 11.6 Å². The van der Waals surface area contributed by atoms with Gasteiger partial charge < -0.3 is 11.1 Å². The summed E-state index contributed by atoms with van der Waals surface area (Å²) in [4.78, 5) is 6.15. The first-order valence-electron chi connectivity index (χ1n) is 6.34. The van der Waals surface area contributed by atoms with E-state index >= 15 is 0 Å². The predicted octanol–water partition coefficient (Wildman–Crippen LogP) is 2.14. The Hall–Kier alpha value is -1.15. The van der Waals surface area contributed by atoms with Crippen LogP contribution in [-0.4, -0.2) is 47.6 Å². The van der Waals surface area contributed by atoms with E-state index in [1.165, 1.54) is 0 Å². The van der Waals surface area contributed by atoms with Crippen LogP contribution in [0.2, 0.25) is 0 Å². The number of rotatable bonds is 4. The van der Waals surface area contributed by atoms with E-state index in [9.17, 15) is 13.2 Å². The van der Waals surface area contributed by atoms with Gasteiger partial charge in [0.15, 0.2) is 0 Å². The average molecular weight is 306 g/mol. The normalized spacial score (nSPS) is 17.1. The van der Waals surface area contributed by atoms with Crippen molar-refractivity contribution in [3.05, 3.63) is 17.7 Å². The zero-order valence-electron chi connectivity index (χ0n) is 10.9. The number of pyridine rings is 1. The number of nitrogens with one attached hydrogen (secondary N) is 1. The summed E-state index contributed by atoms with van der Waals surface area (Å²) in [6.45, 7) is 3.38. The van der Waals surface area contributed by atoms with Crippen molar-refractivity contribution in [2.24, 2.45) is 0 Å². The summed E-state index contributed by atoms with van der Waals surface area (Å²) in [7, 11) is 0. The second-order valence-electron chi connectivity index (χ2n) is 4.54. The lowest BCUT2D eigenvalue weighted by atomic mass is 10.2. The Kier molecular flexibility index (Phi) is 4.98. The Morgan fingerprint density at radius 3 is 2.65 bits per heavy atom. The molecule has 1 saturated heterocycles. The highest BCUT2D eigenvalue weighted by Gasteiger charge is 2.31. The van der Waals surface area contributed by atoms with Crippen LogP contribution < -0.4 is 11.1 Å². The van der Waals surface area contributed by atoms with E-state index in [0.29, 0.717) is 6.54 Å². The van der Waals surface area contributed by atoms with Gasteiger partial charge in [0.25, 0.3) is 0 Å². The third-order valence-corrected chi connectivity index (χ3v) is 3.95. The van der Waals surface area contributed by atoms with Gasteiger partial charge in [0, 0.05) is 37.7 Å². The van der Waals surface area contributed by atoms with Crippen LogP contribution in [0.3, 0.4) is 0 Å². The Labute approximate surface area is 119 Å². The Morgan fingerprint density at radius 1 is 1.30 bits per heavy atom. The number of nitrogens with zero attached hydrogens (tertiary/aromatic N) is 2. The molecule has 4 nitrogen and oxygen atoms in total. The number of aromatic nitrogens is 1. The lowest BCUT2D eigenvalue weighted by Gasteiger charge is -2.26. The van der Waals surface area contributed by atoms with Crippen LogP contribution in [0.4, 0.5) is 24.8 Å². The molecule has 0 amide bonds. The summed E-state index contributed by atoms with van der Waals surface area (Å²) in [5, 5.41) is 2.91. The molecule has 0 bridgehead atoms. The molecule has 0 aromatic carbocycles. The summed E-state index contributed by atoms with van der Waals surface area (Å²) in [6.07, 6.45) is -4.41. The lowest BCUT2D eigenvalue weighted by molar-refractivity contribution is -0.137. The van der Waals surface area contributed by atoms with Crippen LogP contribution >= 0.6 is 11.8 Å². The second-order valence-corrected chi connectivity index (χ2v) is 5.77. The monoisotopic (exact) mass is 306 g/mol. The van der Waals surface area contributed by atoms with E-state index in [0.717, 1.165) is 43.3 Å². The fourth-order valence-corrected chi connectivity index (χ4v) is 2.95. The summed E-state index contributed by atoms with van der Waals surface area (Å²) in [6, 6.07) is 1.83.